The van der Waals surface area contributed by atoms with Gasteiger partial charge in [-0.15, -0.1) is 11.3 Å². The maximum atomic E-state index is 12.8. The van der Waals surface area contributed by atoms with Gasteiger partial charge in [-0.05, 0) is 38.8 Å². The second-order valence-electron chi connectivity index (χ2n) is 6.34. The van der Waals surface area contributed by atoms with Crippen molar-refractivity contribution in [3.63, 3.8) is 0 Å². The van der Waals surface area contributed by atoms with Gasteiger partial charge in [-0.1, -0.05) is 0 Å². The van der Waals surface area contributed by atoms with E-state index in [1.54, 1.807) is 18.4 Å². The summed E-state index contributed by atoms with van der Waals surface area (Å²) in [6.07, 6.45) is 2.22. The molecule has 0 radical (unpaired) electrons. The van der Waals surface area contributed by atoms with Gasteiger partial charge in [0.2, 0.25) is 0 Å². The van der Waals surface area contributed by atoms with Crippen LogP contribution in [-0.4, -0.2) is 32.1 Å². The van der Waals surface area contributed by atoms with Gasteiger partial charge in [-0.25, -0.2) is 4.79 Å². The second kappa shape index (κ2) is 7.54. The Hall–Kier alpha value is -1.92. The predicted octanol–water partition coefficient (Wildman–Crippen LogP) is 3.21. The van der Waals surface area contributed by atoms with E-state index in [0.29, 0.717) is 18.6 Å². The summed E-state index contributed by atoms with van der Waals surface area (Å²) in [5.41, 5.74) is 2.99. The molecule has 25 heavy (non-hydrogen) atoms. The molecule has 1 aliphatic carbocycles. The number of methoxy groups -OCH3 is 1. The lowest BCUT2D eigenvalue weighted by Gasteiger charge is -2.33. The molecule has 2 heterocycles. The minimum Gasteiger partial charge on any atom is -0.460 e. The van der Waals surface area contributed by atoms with E-state index in [1.807, 2.05) is 26.0 Å². The first-order valence-electron chi connectivity index (χ1n) is 8.49. The molecule has 1 atom stereocenters. The van der Waals surface area contributed by atoms with Gasteiger partial charge in [0.25, 0.3) is 0 Å². The Labute approximate surface area is 151 Å². The smallest absolute Gasteiger partial charge is 0.336 e. The molecule has 1 aromatic heterocycles. The summed E-state index contributed by atoms with van der Waals surface area (Å²) in [5.74, 6) is -0.597. The number of dihydropyridines is 1. The number of allylic oxidation sites excluding steroid dienone is 3. The van der Waals surface area contributed by atoms with Crippen molar-refractivity contribution >= 4 is 23.1 Å². The molecule has 0 saturated heterocycles. The molecule has 0 spiro atoms. The summed E-state index contributed by atoms with van der Waals surface area (Å²) in [6.45, 7) is 4.45. The van der Waals surface area contributed by atoms with E-state index in [4.69, 9.17) is 9.47 Å². The molecule has 2 aliphatic rings. The van der Waals surface area contributed by atoms with Gasteiger partial charge >= 0.3 is 5.97 Å². The molecule has 0 fully saturated rings. The lowest BCUT2D eigenvalue weighted by molar-refractivity contribution is -0.140. The van der Waals surface area contributed by atoms with Crippen LogP contribution in [-0.2, 0) is 19.1 Å². The number of carbonyl (C=O) groups is 2. The molecule has 6 heteroatoms. The number of Topliss-reactive ketones (excluding diaryl/α,β-unsaturated/α-hetero) is 1. The molecule has 1 aliphatic heterocycles. The first kappa shape index (κ1) is 17.9. The Morgan fingerprint density at radius 1 is 1.28 bits per heavy atom. The molecular formula is C19H23NO4S. The highest BCUT2D eigenvalue weighted by Gasteiger charge is 2.39. The zero-order valence-electron chi connectivity index (χ0n) is 14.8. The number of hydrogen-bond donors (Lipinski definition) is 1. The maximum absolute atomic E-state index is 12.8. The van der Waals surface area contributed by atoms with Gasteiger partial charge in [0, 0.05) is 40.3 Å². The highest BCUT2D eigenvalue weighted by molar-refractivity contribution is 7.12. The number of rotatable bonds is 5. The fourth-order valence-electron chi connectivity index (χ4n) is 3.44. The molecule has 0 unspecified atom stereocenters. The Morgan fingerprint density at radius 2 is 2.08 bits per heavy atom. The van der Waals surface area contributed by atoms with Crippen molar-refractivity contribution in [1.29, 1.82) is 0 Å². The van der Waals surface area contributed by atoms with Crippen molar-refractivity contribution in [3.8, 4) is 0 Å². The van der Waals surface area contributed by atoms with Crippen LogP contribution in [0.25, 0.3) is 0 Å². The zero-order valence-corrected chi connectivity index (χ0v) is 15.6. The zero-order chi connectivity index (χ0) is 18.0. The van der Waals surface area contributed by atoms with E-state index < -0.39 is 0 Å². The van der Waals surface area contributed by atoms with Crippen LogP contribution in [0.3, 0.4) is 0 Å². The molecule has 0 amide bonds. The van der Waals surface area contributed by atoms with Gasteiger partial charge in [-0.3, -0.25) is 4.79 Å². The minimum absolute atomic E-state index is 0.125. The van der Waals surface area contributed by atoms with Gasteiger partial charge in [0.1, 0.15) is 6.61 Å². The Bertz CT molecular complexity index is 759. The van der Waals surface area contributed by atoms with Crippen molar-refractivity contribution < 1.29 is 19.1 Å². The first-order chi connectivity index (χ1) is 12.0. The molecule has 1 N–H and O–H groups in total. The topological polar surface area (TPSA) is 64.6 Å². The average molecular weight is 361 g/mol. The van der Waals surface area contributed by atoms with Gasteiger partial charge in [0.05, 0.1) is 18.1 Å². The third-order valence-corrected chi connectivity index (χ3v) is 5.63. The van der Waals surface area contributed by atoms with Crippen LogP contribution < -0.4 is 5.32 Å². The number of aryl methyl sites for hydroxylation is 1. The summed E-state index contributed by atoms with van der Waals surface area (Å²) >= 11 is 1.62. The lowest BCUT2D eigenvalue weighted by Crippen LogP contribution is -2.34. The lowest BCUT2D eigenvalue weighted by atomic mass is 9.78. The van der Waals surface area contributed by atoms with Crippen molar-refractivity contribution in [1.82, 2.24) is 5.32 Å². The standard InChI is InChI=1S/C19H23NO4S/c1-11-7-8-15(25-11)18-16(19(22)24-10-9-23-3)12(2)20-13-5-4-6-14(21)17(13)18/h7-8,18,20H,4-6,9-10H2,1-3H3/t18-/m1/s1. The third kappa shape index (κ3) is 3.55. The average Bonchev–Trinajstić information content (AvgIpc) is 3.00. The van der Waals surface area contributed by atoms with Crippen LogP contribution in [0.15, 0.2) is 34.7 Å². The largest absolute Gasteiger partial charge is 0.460 e. The Balaban J connectivity index is 2.02. The van der Waals surface area contributed by atoms with E-state index in [2.05, 4.69) is 5.32 Å². The maximum Gasteiger partial charge on any atom is 0.336 e. The van der Waals surface area contributed by atoms with Gasteiger partial charge in [-0.2, -0.15) is 0 Å². The first-order valence-corrected chi connectivity index (χ1v) is 9.31. The molecule has 1 aromatic rings. The van der Waals surface area contributed by atoms with Crippen LogP contribution in [0.5, 0.6) is 0 Å². The molecule has 5 nitrogen and oxygen atoms in total. The fraction of sp³-hybridized carbons (Fsp3) is 0.474. The monoisotopic (exact) mass is 361 g/mol. The number of ketones is 1. The molecule has 0 aromatic carbocycles. The molecule has 0 bridgehead atoms. The summed E-state index contributed by atoms with van der Waals surface area (Å²) in [6, 6.07) is 4.04. The summed E-state index contributed by atoms with van der Waals surface area (Å²) in [7, 11) is 1.57. The molecular weight excluding hydrogens is 338 g/mol. The van der Waals surface area contributed by atoms with E-state index in [0.717, 1.165) is 39.6 Å². The second-order valence-corrected chi connectivity index (χ2v) is 7.66. The summed E-state index contributed by atoms with van der Waals surface area (Å²) < 4.78 is 10.3. The number of carbonyl (C=O) groups excluding carboxylic acids is 2. The molecule has 134 valence electrons. The highest BCUT2D eigenvalue weighted by atomic mass is 32.1. The summed E-state index contributed by atoms with van der Waals surface area (Å²) in [4.78, 5) is 27.6. The minimum atomic E-state index is -0.386. The summed E-state index contributed by atoms with van der Waals surface area (Å²) in [5, 5.41) is 3.29. The van der Waals surface area contributed by atoms with Crippen LogP contribution in [0.2, 0.25) is 0 Å². The number of thiophene rings is 1. The Morgan fingerprint density at radius 3 is 2.76 bits per heavy atom. The number of hydrogen-bond acceptors (Lipinski definition) is 6. The fourth-order valence-corrected chi connectivity index (χ4v) is 4.44. The van der Waals surface area contributed by atoms with Crippen LogP contribution in [0, 0.1) is 6.92 Å². The number of nitrogens with one attached hydrogen (secondary N) is 1. The third-order valence-electron chi connectivity index (χ3n) is 4.56. The van der Waals surface area contributed by atoms with E-state index >= 15 is 0 Å². The van der Waals surface area contributed by atoms with Crippen LogP contribution >= 0.6 is 11.3 Å². The van der Waals surface area contributed by atoms with Crippen molar-refractivity contribution in [3.05, 3.63) is 44.4 Å². The highest BCUT2D eigenvalue weighted by Crippen LogP contribution is 2.44. The number of ether oxygens (including phenoxy) is 2. The van der Waals surface area contributed by atoms with Gasteiger partial charge in [0.15, 0.2) is 5.78 Å². The molecule has 3 rings (SSSR count). The van der Waals surface area contributed by atoms with E-state index in [9.17, 15) is 9.59 Å². The van der Waals surface area contributed by atoms with Crippen molar-refractivity contribution in [2.24, 2.45) is 0 Å². The Kier molecular flexibility index (Phi) is 5.39. The SMILES string of the molecule is COCCOC(=O)C1=C(C)NC2=C(C(=O)CCC2)[C@@H]1c1ccc(C)s1. The number of esters is 1. The quantitative estimate of drug-likeness (QED) is 0.644. The predicted molar refractivity (Wildman–Crippen MR) is 96.4 cm³/mol. The van der Waals surface area contributed by atoms with Crippen LogP contribution in [0.4, 0.5) is 0 Å². The van der Waals surface area contributed by atoms with Crippen LogP contribution in [0.1, 0.15) is 41.9 Å². The normalized spacial score (nSPS) is 20.4. The van der Waals surface area contributed by atoms with Gasteiger partial charge < -0.3 is 14.8 Å². The van der Waals surface area contributed by atoms with E-state index in [1.165, 1.54) is 0 Å². The molecule has 0 saturated carbocycles. The van der Waals surface area contributed by atoms with Crippen molar-refractivity contribution in [2.75, 3.05) is 20.3 Å². The van der Waals surface area contributed by atoms with E-state index in [-0.39, 0.29) is 24.3 Å². The van der Waals surface area contributed by atoms with Crippen molar-refractivity contribution in [2.45, 2.75) is 39.0 Å².